The first-order chi connectivity index (χ1) is 7.49. The second-order valence-corrected chi connectivity index (χ2v) is 5.02. The van der Waals surface area contributed by atoms with Crippen LogP contribution in [0.1, 0.15) is 40.2 Å². The number of H-pyrrole nitrogens is 1. The molecule has 0 aliphatic carbocycles. The van der Waals surface area contributed by atoms with Crippen molar-refractivity contribution in [3.05, 3.63) is 42.4 Å². The van der Waals surface area contributed by atoms with E-state index in [4.69, 9.17) is 0 Å². The minimum Gasteiger partial charge on any atom is -0.385 e. The summed E-state index contributed by atoms with van der Waals surface area (Å²) in [6, 6.07) is 9.63. The Morgan fingerprint density at radius 2 is 1.82 bits per heavy atom. The Labute approximate surface area is 119 Å². The molecule has 17 heavy (non-hydrogen) atoms. The van der Waals surface area contributed by atoms with Crippen molar-refractivity contribution in [2.45, 2.75) is 40.0 Å². The van der Waals surface area contributed by atoms with Gasteiger partial charge in [-0.2, -0.15) is 32.0 Å². The van der Waals surface area contributed by atoms with Crippen molar-refractivity contribution in [1.82, 2.24) is 4.98 Å². The van der Waals surface area contributed by atoms with E-state index in [2.05, 4.69) is 50.0 Å². The normalized spacial score (nSPS) is 10.4. The van der Waals surface area contributed by atoms with Gasteiger partial charge in [-0.1, -0.05) is 37.8 Å². The molecule has 0 spiro atoms. The predicted octanol–water partition coefficient (Wildman–Crippen LogP) is 4.49. The van der Waals surface area contributed by atoms with Crippen molar-refractivity contribution < 1.29 is 21.1 Å². The standard InChI is InChI=1S/C12H14N.C3H7.W/c1-12(2,3)10-4-5-11-9(8-10)6-7-13-11;1-3-2;/h4,6-8,13H,1-3H3;3H,1-2H3;/q2*-1;+2. The van der Waals surface area contributed by atoms with Gasteiger partial charge in [-0.05, 0) is 6.20 Å². The molecular formula is C15H21NW. The van der Waals surface area contributed by atoms with Crippen molar-refractivity contribution in [1.29, 1.82) is 0 Å². The smallest absolute Gasteiger partial charge is 0.385 e. The van der Waals surface area contributed by atoms with E-state index in [1.54, 1.807) is 0 Å². The first-order valence-corrected chi connectivity index (χ1v) is 5.72. The number of nitrogens with one attached hydrogen (secondary N) is 1. The molecule has 1 nitrogen and oxygen atoms in total. The van der Waals surface area contributed by atoms with Crippen LogP contribution in [-0.4, -0.2) is 4.98 Å². The van der Waals surface area contributed by atoms with Crippen LogP contribution in [0.4, 0.5) is 0 Å². The molecule has 92 valence electrons. The fourth-order valence-corrected chi connectivity index (χ4v) is 1.42. The quantitative estimate of drug-likeness (QED) is 0.629. The van der Waals surface area contributed by atoms with Crippen LogP contribution in [-0.2, 0) is 26.5 Å². The molecule has 0 aliphatic heterocycles. The van der Waals surface area contributed by atoms with Crippen molar-refractivity contribution in [2.24, 2.45) is 0 Å². The van der Waals surface area contributed by atoms with Gasteiger partial charge in [-0.15, -0.1) is 10.9 Å². The van der Waals surface area contributed by atoms with Crippen molar-refractivity contribution >= 4 is 10.9 Å². The summed E-state index contributed by atoms with van der Waals surface area (Å²) >= 11 is 0. The molecule has 1 heterocycles. The van der Waals surface area contributed by atoms with Gasteiger partial charge in [-0.3, -0.25) is 0 Å². The predicted molar refractivity (Wildman–Crippen MR) is 71.5 cm³/mol. The van der Waals surface area contributed by atoms with Crippen molar-refractivity contribution in [3.8, 4) is 0 Å². The van der Waals surface area contributed by atoms with E-state index in [0.29, 0.717) is 0 Å². The SMILES string of the molecule is CC(C)(C)c1c[c-]c2[nH]ccc2c1.C[CH-]C.[W+2]. The first kappa shape index (κ1) is 16.4. The maximum atomic E-state index is 3.25. The van der Waals surface area contributed by atoms with Crippen LogP contribution < -0.4 is 0 Å². The van der Waals surface area contributed by atoms with E-state index in [0.717, 1.165) is 5.52 Å². The molecule has 1 N–H and O–H groups in total. The Balaban J connectivity index is 0.000000583. The fourth-order valence-electron chi connectivity index (χ4n) is 1.42. The number of rotatable bonds is 0. The van der Waals surface area contributed by atoms with Gasteiger partial charge in [0.05, 0.1) is 0 Å². The van der Waals surface area contributed by atoms with Gasteiger partial charge in [0.2, 0.25) is 0 Å². The maximum absolute atomic E-state index is 3.25. The van der Waals surface area contributed by atoms with E-state index in [-0.39, 0.29) is 26.5 Å². The van der Waals surface area contributed by atoms with Gasteiger partial charge in [-0.25, -0.2) is 0 Å². The van der Waals surface area contributed by atoms with Crippen LogP contribution >= 0.6 is 0 Å². The molecule has 0 saturated heterocycles. The summed E-state index contributed by atoms with van der Waals surface area (Å²) in [6.45, 7) is 10.7. The Bertz CT molecular complexity index is 437. The third-order valence-corrected chi connectivity index (χ3v) is 2.33. The van der Waals surface area contributed by atoms with E-state index in [1.165, 1.54) is 10.9 Å². The van der Waals surface area contributed by atoms with E-state index in [9.17, 15) is 0 Å². The molecule has 0 radical (unpaired) electrons. The summed E-state index contributed by atoms with van der Waals surface area (Å²) in [4.78, 5) is 3.14. The summed E-state index contributed by atoms with van der Waals surface area (Å²) in [5.74, 6) is 0. The molecule has 0 fully saturated rings. The second-order valence-electron chi connectivity index (χ2n) is 5.02. The van der Waals surface area contributed by atoms with Crippen molar-refractivity contribution in [2.75, 3.05) is 0 Å². The van der Waals surface area contributed by atoms with E-state index in [1.807, 2.05) is 26.5 Å². The monoisotopic (exact) mass is 399 g/mol. The molecule has 0 amide bonds. The van der Waals surface area contributed by atoms with Crippen molar-refractivity contribution in [3.63, 3.8) is 0 Å². The van der Waals surface area contributed by atoms with Gasteiger partial charge in [0.1, 0.15) is 0 Å². The molecule has 0 aliphatic rings. The van der Waals surface area contributed by atoms with E-state index >= 15 is 0 Å². The molecule has 2 heteroatoms. The third kappa shape index (κ3) is 4.67. The van der Waals surface area contributed by atoms with Gasteiger partial charge in [0.25, 0.3) is 0 Å². The van der Waals surface area contributed by atoms with Crippen LogP contribution in [0.2, 0.25) is 0 Å². The van der Waals surface area contributed by atoms with Crippen LogP contribution in [0.15, 0.2) is 24.4 Å². The first-order valence-electron chi connectivity index (χ1n) is 5.72. The minimum atomic E-state index is 0. The third-order valence-electron chi connectivity index (χ3n) is 2.33. The largest absolute Gasteiger partial charge is 2.00 e. The summed E-state index contributed by atoms with van der Waals surface area (Å²) in [5, 5.41) is 1.24. The molecule has 2 aromatic rings. The number of aromatic amines is 1. The maximum Gasteiger partial charge on any atom is 2.00 e. The summed E-state index contributed by atoms with van der Waals surface area (Å²) < 4.78 is 0. The number of hydrogen-bond donors (Lipinski definition) is 1. The number of hydrogen-bond acceptors (Lipinski definition) is 0. The number of fused-ring (bicyclic) bond motifs is 1. The zero-order chi connectivity index (χ0) is 12.2. The molecule has 1 aromatic carbocycles. The fraction of sp³-hybridized carbons (Fsp3) is 0.400. The summed E-state index contributed by atoms with van der Waals surface area (Å²) in [7, 11) is 0. The zero-order valence-corrected chi connectivity index (χ0v) is 14.2. The Hall–Kier alpha value is -0.552. The van der Waals surface area contributed by atoms with E-state index < -0.39 is 0 Å². The Morgan fingerprint density at radius 3 is 2.35 bits per heavy atom. The molecule has 0 atom stereocenters. The molecule has 0 bridgehead atoms. The Kier molecular flexibility index (Phi) is 6.78. The van der Waals surface area contributed by atoms with Crippen LogP contribution in [0.25, 0.3) is 10.9 Å². The minimum absolute atomic E-state index is 0. The number of aromatic nitrogens is 1. The average molecular weight is 399 g/mol. The van der Waals surface area contributed by atoms with Gasteiger partial charge in [0.15, 0.2) is 0 Å². The molecule has 2 rings (SSSR count). The zero-order valence-electron chi connectivity index (χ0n) is 11.3. The van der Waals surface area contributed by atoms with Gasteiger partial charge < -0.3 is 11.4 Å². The second kappa shape index (κ2) is 7.01. The van der Waals surface area contributed by atoms with Gasteiger partial charge in [0, 0.05) is 0 Å². The van der Waals surface area contributed by atoms with Gasteiger partial charge >= 0.3 is 21.1 Å². The molecular weight excluding hydrogens is 378 g/mol. The molecule has 1 aromatic heterocycles. The van der Waals surface area contributed by atoms with Crippen LogP contribution in [0.3, 0.4) is 0 Å². The number of benzene rings is 1. The topological polar surface area (TPSA) is 15.8 Å². The average Bonchev–Trinajstić information content (AvgIpc) is 2.63. The Morgan fingerprint density at radius 1 is 1.24 bits per heavy atom. The van der Waals surface area contributed by atoms with Crippen LogP contribution in [0, 0.1) is 12.5 Å². The summed E-state index contributed by atoms with van der Waals surface area (Å²) in [5.41, 5.74) is 2.63. The molecule has 0 saturated carbocycles. The molecule has 0 unspecified atom stereocenters. The van der Waals surface area contributed by atoms with Crippen LogP contribution in [0.5, 0.6) is 0 Å². The summed E-state index contributed by atoms with van der Waals surface area (Å²) in [6.07, 6.45) is 3.95.